The number of para-hydroxylation sites is 1. The molecule has 7 nitrogen and oxygen atoms in total. The third-order valence-corrected chi connectivity index (χ3v) is 5.66. The van der Waals surface area contributed by atoms with E-state index in [1.807, 2.05) is 50.4 Å². The summed E-state index contributed by atoms with van der Waals surface area (Å²) in [7, 11) is 1.85. The van der Waals surface area contributed by atoms with Gasteiger partial charge < -0.3 is 10.2 Å². The number of hydrogen-bond donors (Lipinski definition) is 1. The third-order valence-electron chi connectivity index (χ3n) is 5.66. The number of amides is 2. The summed E-state index contributed by atoms with van der Waals surface area (Å²) in [5, 5.41) is 8.35. The standard InChI is InChI=1S/C22H25N5O2/c1-3-27-20(28)9-8-17(21(27)19-10-11-25-26(19)2)22(29)24-14-15-12-16-6-4-5-7-18(16)23-13-15/h4-7,10-13,17,21H,3,8-9,14H2,1-2H3,(H,24,29)/t17-,21-/m0/s1. The Morgan fingerprint density at radius 1 is 1.28 bits per heavy atom. The number of carbonyl (C=O) groups excluding carboxylic acids is 2. The van der Waals surface area contributed by atoms with E-state index in [-0.39, 0.29) is 23.8 Å². The average molecular weight is 391 g/mol. The number of pyridine rings is 1. The van der Waals surface area contributed by atoms with Gasteiger partial charge in [-0.2, -0.15) is 5.10 Å². The highest BCUT2D eigenvalue weighted by molar-refractivity contribution is 5.85. The Balaban J connectivity index is 1.53. The zero-order chi connectivity index (χ0) is 20.4. The van der Waals surface area contributed by atoms with Gasteiger partial charge in [0.25, 0.3) is 0 Å². The second kappa shape index (κ2) is 8.03. The molecule has 1 fully saturated rings. The van der Waals surface area contributed by atoms with E-state index in [9.17, 15) is 9.59 Å². The van der Waals surface area contributed by atoms with Crippen LogP contribution < -0.4 is 5.32 Å². The minimum Gasteiger partial charge on any atom is -0.352 e. The molecule has 0 saturated carbocycles. The Morgan fingerprint density at radius 3 is 2.86 bits per heavy atom. The average Bonchev–Trinajstić information content (AvgIpc) is 3.17. The SMILES string of the molecule is CCN1C(=O)CC[C@H](C(=O)NCc2cnc3ccccc3c2)[C@H]1c1ccnn1C. The molecule has 150 valence electrons. The fourth-order valence-electron chi connectivity index (χ4n) is 4.17. The van der Waals surface area contributed by atoms with Gasteiger partial charge >= 0.3 is 0 Å². The van der Waals surface area contributed by atoms with Crippen LogP contribution in [0.5, 0.6) is 0 Å². The van der Waals surface area contributed by atoms with Gasteiger partial charge in [-0.3, -0.25) is 19.3 Å². The first-order valence-corrected chi connectivity index (χ1v) is 9.97. The van der Waals surface area contributed by atoms with E-state index in [2.05, 4.69) is 15.4 Å². The van der Waals surface area contributed by atoms with Gasteiger partial charge in [-0.15, -0.1) is 0 Å². The van der Waals surface area contributed by atoms with Crippen LogP contribution in [0.15, 0.2) is 48.8 Å². The number of benzene rings is 1. The number of piperidine rings is 1. The monoisotopic (exact) mass is 391 g/mol. The van der Waals surface area contributed by atoms with Gasteiger partial charge in [0, 0.05) is 44.3 Å². The Bertz CT molecular complexity index is 1040. The van der Waals surface area contributed by atoms with Crippen molar-refractivity contribution in [2.24, 2.45) is 13.0 Å². The lowest BCUT2D eigenvalue weighted by molar-refractivity contribution is -0.143. The molecular formula is C22H25N5O2. The molecular weight excluding hydrogens is 366 g/mol. The van der Waals surface area contributed by atoms with Crippen LogP contribution in [0.3, 0.4) is 0 Å². The van der Waals surface area contributed by atoms with Crippen LogP contribution in [-0.2, 0) is 23.2 Å². The van der Waals surface area contributed by atoms with Crippen LogP contribution >= 0.6 is 0 Å². The summed E-state index contributed by atoms with van der Waals surface area (Å²) >= 11 is 0. The van der Waals surface area contributed by atoms with Crippen molar-refractivity contribution in [3.63, 3.8) is 0 Å². The van der Waals surface area contributed by atoms with Gasteiger partial charge in [-0.25, -0.2) is 0 Å². The first-order chi connectivity index (χ1) is 14.1. The van der Waals surface area contributed by atoms with Crippen molar-refractivity contribution >= 4 is 22.7 Å². The zero-order valence-corrected chi connectivity index (χ0v) is 16.7. The fourth-order valence-corrected chi connectivity index (χ4v) is 4.17. The van der Waals surface area contributed by atoms with Crippen LogP contribution in [0.2, 0.25) is 0 Å². The number of nitrogens with one attached hydrogen (secondary N) is 1. The number of hydrogen-bond acceptors (Lipinski definition) is 4. The van der Waals surface area contributed by atoms with Crippen LogP contribution in [0.25, 0.3) is 10.9 Å². The highest BCUT2D eigenvalue weighted by atomic mass is 16.2. The smallest absolute Gasteiger partial charge is 0.225 e. The molecule has 2 atom stereocenters. The maximum absolute atomic E-state index is 13.1. The van der Waals surface area contributed by atoms with Crippen molar-refractivity contribution in [3.8, 4) is 0 Å². The first-order valence-electron chi connectivity index (χ1n) is 9.97. The molecule has 0 spiro atoms. The molecule has 3 heterocycles. The molecule has 0 bridgehead atoms. The predicted molar refractivity (Wildman–Crippen MR) is 110 cm³/mol. The summed E-state index contributed by atoms with van der Waals surface area (Å²) in [6.07, 6.45) is 4.42. The minimum absolute atomic E-state index is 0.0460. The minimum atomic E-state index is -0.309. The highest BCUT2D eigenvalue weighted by Gasteiger charge is 2.41. The quantitative estimate of drug-likeness (QED) is 0.725. The van der Waals surface area contributed by atoms with Crippen LogP contribution in [0.4, 0.5) is 0 Å². The maximum Gasteiger partial charge on any atom is 0.225 e. The van der Waals surface area contributed by atoms with Gasteiger partial charge in [0.15, 0.2) is 0 Å². The zero-order valence-electron chi connectivity index (χ0n) is 16.7. The maximum atomic E-state index is 13.1. The number of likely N-dealkylation sites (tertiary alicyclic amines) is 1. The molecule has 0 radical (unpaired) electrons. The molecule has 4 rings (SSSR count). The number of aromatic nitrogens is 3. The highest BCUT2D eigenvalue weighted by Crippen LogP contribution is 2.36. The third kappa shape index (κ3) is 3.72. The van der Waals surface area contributed by atoms with E-state index in [4.69, 9.17) is 0 Å². The molecule has 0 aliphatic carbocycles. The molecule has 29 heavy (non-hydrogen) atoms. The number of rotatable bonds is 5. The Labute approximate surface area is 169 Å². The van der Waals surface area contributed by atoms with Crippen molar-refractivity contribution < 1.29 is 9.59 Å². The molecule has 1 saturated heterocycles. The van der Waals surface area contributed by atoms with E-state index in [1.165, 1.54) is 0 Å². The van der Waals surface area contributed by atoms with E-state index < -0.39 is 0 Å². The lowest BCUT2D eigenvalue weighted by Crippen LogP contribution is -2.48. The summed E-state index contributed by atoms with van der Waals surface area (Å²) < 4.78 is 1.75. The number of carbonyl (C=O) groups is 2. The first kappa shape index (κ1) is 19.1. The Kier molecular flexibility index (Phi) is 5.29. The predicted octanol–water partition coefficient (Wildman–Crippen LogP) is 2.58. The number of nitrogens with zero attached hydrogens (tertiary/aromatic N) is 4. The summed E-state index contributed by atoms with van der Waals surface area (Å²) in [5.41, 5.74) is 2.77. The molecule has 1 aromatic carbocycles. The molecule has 1 N–H and O–H groups in total. The van der Waals surface area contributed by atoms with E-state index in [0.29, 0.717) is 25.9 Å². The number of aryl methyl sites for hydroxylation is 1. The van der Waals surface area contributed by atoms with Gasteiger partial charge in [-0.1, -0.05) is 18.2 Å². The van der Waals surface area contributed by atoms with E-state index in [1.54, 1.807) is 22.0 Å². The van der Waals surface area contributed by atoms with Crippen molar-refractivity contribution in [2.75, 3.05) is 6.54 Å². The van der Waals surface area contributed by atoms with E-state index in [0.717, 1.165) is 22.2 Å². The van der Waals surface area contributed by atoms with E-state index >= 15 is 0 Å². The lowest BCUT2D eigenvalue weighted by Gasteiger charge is -2.40. The largest absolute Gasteiger partial charge is 0.352 e. The topological polar surface area (TPSA) is 80.1 Å². The van der Waals surface area contributed by atoms with Gasteiger partial charge in [0.2, 0.25) is 11.8 Å². The molecule has 0 unspecified atom stereocenters. The molecule has 2 aromatic heterocycles. The molecule has 1 aliphatic rings. The molecule has 7 heteroatoms. The second-order valence-corrected chi connectivity index (χ2v) is 7.40. The van der Waals surface area contributed by atoms with Gasteiger partial charge in [0.05, 0.1) is 23.2 Å². The van der Waals surface area contributed by atoms with Gasteiger partial charge in [-0.05, 0) is 37.1 Å². The van der Waals surface area contributed by atoms with Crippen molar-refractivity contribution in [2.45, 2.75) is 32.4 Å². The molecule has 3 aromatic rings. The fraction of sp³-hybridized carbons (Fsp3) is 0.364. The second-order valence-electron chi connectivity index (χ2n) is 7.40. The summed E-state index contributed by atoms with van der Waals surface area (Å²) in [4.78, 5) is 31.8. The Hall–Kier alpha value is -3.22. The van der Waals surface area contributed by atoms with Crippen molar-refractivity contribution in [1.82, 2.24) is 25.0 Å². The lowest BCUT2D eigenvalue weighted by atomic mass is 9.85. The van der Waals surface area contributed by atoms with Crippen LogP contribution in [0, 0.1) is 5.92 Å². The Morgan fingerprint density at radius 2 is 2.10 bits per heavy atom. The van der Waals surface area contributed by atoms with Crippen LogP contribution in [0.1, 0.15) is 37.1 Å². The summed E-state index contributed by atoms with van der Waals surface area (Å²) in [6.45, 7) is 2.92. The summed E-state index contributed by atoms with van der Waals surface area (Å²) in [5.74, 6) is -0.270. The molecule has 1 aliphatic heterocycles. The molecule has 2 amide bonds. The van der Waals surface area contributed by atoms with Gasteiger partial charge in [0.1, 0.15) is 0 Å². The van der Waals surface area contributed by atoms with Crippen molar-refractivity contribution in [1.29, 1.82) is 0 Å². The van der Waals surface area contributed by atoms with Crippen LogP contribution in [-0.4, -0.2) is 38.0 Å². The van der Waals surface area contributed by atoms with Crippen molar-refractivity contribution in [3.05, 3.63) is 60.0 Å². The normalized spacial score (nSPS) is 19.5. The summed E-state index contributed by atoms with van der Waals surface area (Å²) in [6, 6.07) is 11.5. The number of fused-ring (bicyclic) bond motifs is 1.